The van der Waals surface area contributed by atoms with Crippen LogP contribution in [0.15, 0.2) is 134 Å². The van der Waals surface area contributed by atoms with Gasteiger partial charge >= 0.3 is 17.9 Å². The van der Waals surface area contributed by atoms with Gasteiger partial charge in [0, 0.05) is 19.3 Å². The summed E-state index contributed by atoms with van der Waals surface area (Å²) in [4.78, 5) is 38.3. The molecule has 0 spiro atoms. The average molecular weight is 1070 g/mol. The van der Waals surface area contributed by atoms with Crippen molar-refractivity contribution >= 4 is 17.9 Å². The normalized spacial score (nSPS) is 13.0. The van der Waals surface area contributed by atoms with Gasteiger partial charge in [0.15, 0.2) is 6.10 Å². The van der Waals surface area contributed by atoms with Crippen molar-refractivity contribution in [2.75, 3.05) is 13.2 Å². The van der Waals surface area contributed by atoms with E-state index in [0.29, 0.717) is 19.3 Å². The summed E-state index contributed by atoms with van der Waals surface area (Å²) in [6.07, 6.45) is 90.1. The maximum absolute atomic E-state index is 12.9. The number of ether oxygens (including phenoxy) is 3. The zero-order valence-electron chi connectivity index (χ0n) is 49.9. The van der Waals surface area contributed by atoms with Crippen molar-refractivity contribution in [3.63, 3.8) is 0 Å². The van der Waals surface area contributed by atoms with Crippen LogP contribution in [-0.2, 0) is 28.6 Å². The van der Waals surface area contributed by atoms with E-state index in [1.54, 1.807) is 0 Å². The zero-order chi connectivity index (χ0) is 55.7. The van der Waals surface area contributed by atoms with Crippen LogP contribution in [0.1, 0.15) is 278 Å². The molecule has 0 aliphatic heterocycles. The van der Waals surface area contributed by atoms with Crippen LogP contribution in [0.5, 0.6) is 0 Å². The SMILES string of the molecule is CC/C=C\C/C=C\C/C=C\C/C=C\C/C=C\C/C=C\CCCCCCCCC(=O)OCC(COC(=O)CCCCCCCCC/C=C\C/C=C\CCCCC)OC(=O)CCCCCCCCC/C=C\C/C=C\C/C=C\CC. The van der Waals surface area contributed by atoms with Gasteiger partial charge in [-0.25, -0.2) is 0 Å². The number of hydrogen-bond donors (Lipinski definition) is 0. The van der Waals surface area contributed by atoms with Crippen LogP contribution in [0, 0.1) is 0 Å². The van der Waals surface area contributed by atoms with E-state index in [1.165, 1.54) is 89.9 Å². The summed E-state index contributed by atoms with van der Waals surface area (Å²) in [5, 5.41) is 0. The first-order valence-corrected chi connectivity index (χ1v) is 31.7. The third-order valence-corrected chi connectivity index (χ3v) is 13.1. The highest BCUT2D eigenvalue weighted by molar-refractivity contribution is 5.71. The van der Waals surface area contributed by atoms with Gasteiger partial charge in [0.2, 0.25) is 0 Å². The highest BCUT2D eigenvalue weighted by atomic mass is 16.6. The van der Waals surface area contributed by atoms with E-state index in [4.69, 9.17) is 14.2 Å². The third-order valence-electron chi connectivity index (χ3n) is 13.1. The molecular weight excluding hydrogens is 949 g/mol. The lowest BCUT2D eigenvalue weighted by atomic mass is 10.1. The summed E-state index contributed by atoms with van der Waals surface area (Å²) in [7, 11) is 0. The van der Waals surface area contributed by atoms with E-state index < -0.39 is 6.10 Å². The van der Waals surface area contributed by atoms with Gasteiger partial charge in [0.1, 0.15) is 13.2 Å². The van der Waals surface area contributed by atoms with Crippen LogP contribution in [0.4, 0.5) is 0 Å². The Hall–Kier alpha value is -4.45. The first-order chi connectivity index (χ1) is 38.0. The zero-order valence-corrected chi connectivity index (χ0v) is 49.9. The Kier molecular flexibility index (Phi) is 60.4. The fourth-order valence-electron chi connectivity index (χ4n) is 8.43. The van der Waals surface area contributed by atoms with E-state index in [1.807, 2.05) is 0 Å². The van der Waals surface area contributed by atoms with Crippen LogP contribution in [0.3, 0.4) is 0 Å². The molecule has 0 heterocycles. The standard InChI is InChI=1S/C71H116O6/c1-4-7-10-13-16-19-22-25-28-31-32-33-34-35-36-37-38-41-43-46-49-52-55-58-61-64-70(73)76-67-68(77-71(74)65-62-59-56-53-50-47-44-40-30-27-24-21-18-15-12-9-6-3)66-75-69(72)63-60-57-54-51-48-45-42-39-29-26-23-20-17-14-11-8-5-2/h7,9-10,12,16-21,25-30,32-33,35-36,38,41,68H,4-6,8,11,13-15,22-24,31,34,37,39-40,42-67H2,1-3H3/b10-7-,12-9-,19-16-,20-17-,21-18-,28-25-,29-26-,30-27-,33-32-,36-35-,41-38-. The summed E-state index contributed by atoms with van der Waals surface area (Å²) in [6, 6.07) is 0. The van der Waals surface area contributed by atoms with Crippen molar-refractivity contribution in [2.45, 2.75) is 284 Å². The topological polar surface area (TPSA) is 78.9 Å². The quantitative estimate of drug-likeness (QED) is 0.0261. The second-order valence-electron chi connectivity index (χ2n) is 20.5. The molecule has 0 fully saturated rings. The molecule has 0 aromatic carbocycles. The molecule has 0 N–H and O–H groups in total. The Morgan fingerprint density at radius 1 is 0.273 bits per heavy atom. The van der Waals surface area contributed by atoms with Crippen LogP contribution in [0.2, 0.25) is 0 Å². The Morgan fingerprint density at radius 2 is 0.506 bits per heavy atom. The van der Waals surface area contributed by atoms with Gasteiger partial charge in [0.05, 0.1) is 0 Å². The van der Waals surface area contributed by atoms with E-state index in [-0.39, 0.29) is 31.1 Å². The van der Waals surface area contributed by atoms with Gasteiger partial charge in [-0.15, -0.1) is 0 Å². The van der Waals surface area contributed by atoms with E-state index in [0.717, 1.165) is 148 Å². The van der Waals surface area contributed by atoms with Gasteiger partial charge in [0.25, 0.3) is 0 Å². The monoisotopic (exact) mass is 1060 g/mol. The van der Waals surface area contributed by atoms with Crippen molar-refractivity contribution in [1.29, 1.82) is 0 Å². The first kappa shape index (κ1) is 72.5. The number of rotatable bonds is 56. The molecule has 0 radical (unpaired) electrons. The lowest BCUT2D eigenvalue weighted by Gasteiger charge is -2.18. The molecule has 0 bridgehead atoms. The molecule has 1 atom stereocenters. The fraction of sp³-hybridized carbons (Fsp3) is 0.648. The number of hydrogen-bond acceptors (Lipinski definition) is 6. The molecule has 6 nitrogen and oxygen atoms in total. The Morgan fingerprint density at radius 3 is 0.792 bits per heavy atom. The van der Waals surface area contributed by atoms with Gasteiger partial charge in [-0.1, -0.05) is 257 Å². The number of carbonyl (C=O) groups excluding carboxylic acids is 3. The second kappa shape index (κ2) is 64.1. The Labute approximate surface area is 475 Å². The average Bonchev–Trinajstić information content (AvgIpc) is 3.43. The highest BCUT2D eigenvalue weighted by Gasteiger charge is 2.19. The minimum atomic E-state index is -0.800. The van der Waals surface area contributed by atoms with Gasteiger partial charge in [-0.2, -0.15) is 0 Å². The molecule has 0 aromatic heterocycles. The predicted molar refractivity (Wildman–Crippen MR) is 334 cm³/mol. The molecule has 1 unspecified atom stereocenters. The van der Waals surface area contributed by atoms with Crippen molar-refractivity contribution < 1.29 is 28.6 Å². The number of unbranched alkanes of at least 4 members (excludes halogenated alkanes) is 23. The van der Waals surface area contributed by atoms with E-state index >= 15 is 0 Å². The summed E-state index contributed by atoms with van der Waals surface area (Å²) in [6.45, 7) is 6.37. The molecule has 0 saturated carbocycles. The van der Waals surface area contributed by atoms with E-state index in [9.17, 15) is 14.4 Å². The summed E-state index contributed by atoms with van der Waals surface area (Å²) >= 11 is 0. The lowest BCUT2D eigenvalue weighted by Crippen LogP contribution is -2.30. The molecule has 0 aromatic rings. The minimum absolute atomic E-state index is 0.0946. The molecule has 6 heteroatoms. The molecular formula is C71H116O6. The molecule has 0 aliphatic carbocycles. The van der Waals surface area contributed by atoms with Gasteiger partial charge in [-0.05, 0) is 135 Å². The fourth-order valence-corrected chi connectivity index (χ4v) is 8.43. The maximum Gasteiger partial charge on any atom is 0.306 e. The smallest absolute Gasteiger partial charge is 0.306 e. The Bertz CT molecular complexity index is 1650. The molecule has 0 aliphatic rings. The number of allylic oxidation sites excluding steroid dienone is 22. The Balaban J connectivity index is 4.44. The molecule has 77 heavy (non-hydrogen) atoms. The maximum atomic E-state index is 12.9. The van der Waals surface area contributed by atoms with Crippen LogP contribution < -0.4 is 0 Å². The van der Waals surface area contributed by atoms with Crippen LogP contribution in [0.25, 0.3) is 0 Å². The highest BCUT2D eigenvalue weighted by Crippen LogP contribution is 2.15. The largest absolute Gasteiger partial charge is 0.462 e. The summed E-state index contributed by atoms with van der Waals surface area (Å²) in [5.41, 5.74) is 0. The summed E-state index contributed by atoms with van der Waals surface area (Å²) < 4.78 is 16.9. The van der Waals surface area contributed by atoms with Gasteiger partial charge in [-0.3, -0.25) is 14.4 Å². The number of esters is 3. The van der Waals surface area contributed by atoms with Crippen molar-refractivity contribution in [3.8, 4) is 0 Å². The van der Waals surface area contributed by atoms with Crippen molar-refractivity contribution in [2.24, 2.45) is 0 Å². The first-order valence-electron chi connectivity index (χ1n) is 31.7. The van der Waals surface area contributed by atoms with Crippen LogP contribution >= 0.6 is 0 Å². The molecule has 0 amide bonds. The third kappa shape index (κ3) is 62.3. The minimum Gasteiger partial charge on any atom is -0.462 e. The van der Waals surface area contributed by atoms with E-state index in [2.05, 4.69) is 154 Å². The molecule has 0 saturated heterocycles. The molecule has 436 valence electrons. The lowest BCUT2D eigenvalue weighted by molar-refractivity contribution is -0.167. The molecule has 0 rings (SSSR count). The van der Waals surface area contributed by atoms with Crippen molar-refractivity contribution in [1.82, 2.24) is 0 Å². The van der Waals surface area contributed by atoms with Crippen molar-refractivity contribution in [3.05, 3.63) is 134 Å². The second-order valence-corrected chi connectivity index (χ2v) is 20.5. The van der Waals surface area contributed by atoms with Crippen LogP contribution in [-0.4, -0.2) is 37.2 Å². The van der Waals surface area contributed by atoms with Gasteiger partial charge < -0.3 is 14.2 Å². The predicted octanol–water partition coefficient (Wildman–Crippen LogP) is 21.8. The number of carbonyl (C=O) groups is 3. The summed E-state index contributed by atoms with van der Waals surface area (Å²) in [5.74, 6) is -0.925.